The Morgan fingerprint density at radius 2 is 2.12 bits per heavy atom. The first-order chi connectivity index (χ1) is 8.22. The molecule has 2 nitrogen and oxygen atoms in total. The summed E-state index contributed by atoms with van der Waals surface area (Å²) in [6, 6.07) is 0. The maximum Gasteiger partial charge on any atom is 0.158 e. The molecule has 2 heteroatoms. The zero-order chi connectivity index (χ0) is 12.5. The minimum absolute atomic E-state index is 0.0318. The van der Waals surface area contributed by atoms with E-state index >= 15 is 0 Å². The molecule has 1 fully saturated rings. The molecule has 1 unspecified atom stereocenters. The molecule has 0 aliphatic carbocycles. The Kier molecular flexibility index (Phi) is 7.22. The van der Waals surface area contributed by atoms with Crippen LogP contribution in [-0.2, 0) is 9.47 Å². The average molecular weight is 238 g/mol. The van der Waals surface area contributed by atoms with E-state index in [1.165, 1.54) is 24.0 Å². The van der Waals surface area contributed by atoms with Crippen molar-refractivity contribution >= 4 is 0 Å². The van der Waals surface area contributed by atoms with Gasteiger partial charge in [0.2, 0.25) is 0 Å². The van der Waals surface area contributed by atoms with Gasteiger partial charge in [0.1, 0.15) is 0 Å². The molecule has 1 heterocycles. The van der Waals surface area contributed by atoms with Crippen molar-refractivity contribution in [3.63, 3.8) is 0 Å². The molecular formula is C15H26O2. The van der Waals surface area contributed by atoms with Gasteiger partial charge in [-0.1, -0.05) is 23.3 Å². The van der Waals surface area contributed by atoms with Crippen molar-refractivity contribution in [3.8, 4) is 0 Å². The second-order valence-electron chi connectivity index (χ2n) is 4.83. The molecule has 0 spiro atoms. The van der Waals surface area contributed by atoms with Gasteiger partial charge in [0.15, 0.2) is 6.29 Å². The van der Waals surface area contributed by atoms with E-state index in [1.54, 1.807) is 0 Å². The average Bonchev–Trinajstić information content (AvgIpc) is 2.37. The van der Waals surface area contributed by atoms with Gasteiger partial charge < -0.3 is 9.47 Å². The lowest BCUT2D eigenvalue weighted by Gasteiger charge is -2.22. The second kappa shape index (κ2) is 8.48. The molecule has 0 aromatic carbocycles. The summed E-state index contributed by atoms with van der Waals surface area (Å²) < 4.78 is 11.3. The Morgan fingerprint density at radius 3 is 2.76 bits per heavy atom. The van der Waals surface area contributed by atoms with E-state index in [4.69, 9.17) is 9.47 Å². The number of hydrogen-bond acceptors (Lipinski definition) is 2. The van der Waals surface area contributed by atoms with Crippen molar-refractivity contribution in [3.05, 3.63) is 23.3 Å². The van der Waals surface area contributed by atoms with E-state index < -0.39 is 0 Å². The summed E-state index contributed by atoms with van der Waals surface area (Å²) in [5.41, 5.74) is 2.76. The van der Waals surface area contributed by atoms with Gasteiger partial charge >= 0.3 is 0 Å². The smallest absolute Gasteiger partial charge is 0.158 e. The molecule has 0 bridgehead atoms. The lowest BCUT2D eigenvalue weighted by Crippen LogP contribution is -2.22. The first-order valence-electron chi connectivity index (χ1n) is 6.73. The highest BCUT2D eigenvalue weighted by Gasteiger charge is 2.13. The van der Waals surface area contributed by atoms with E-state index in [0.717, 1.165) is 25.9 Å². The largest absolute Gasteiger partial charge is 0.353 e. The van der Waals surface area contributed by atoms with Crippen LogP contribution in [0, 0.1) is 0 Å². The normalized spacial score (nSPS) is 22.9. The summed E-state index contributed by atoms with van der Waals surface area (Å²) in [5, 5.41) is 0. The molecular weight excluding hydrogens is 212 g/mol. The first kappa shape index (κ1) is 14.5. The van der Waals surface area contributed by atoms with Gasteiger partial charge in [-0.3, -0.25) is 0 Å². The summed E-state index contributed by atoms with van der Waals surface area (Å²) in [6.45, 7) is 7.96. The highest BCUT2D eigenvalue weighted by molar-refractivity contribution is 5.02. The second-order valence-corrected chi connectivity index (χ2v) is 4.83. The number of rotatable bonds is 6. The third-order valence-electron chi connectivity index (χ3n) is 3.16. The minimum Gasteiger partial charge on any atom is -0.353 e. The van der Waals surface area contributed by atoms with E-state index in [0.29, 0.717) is 6.61 Å². The summed E-state index contributed by atoms with van der Waals surface area (Å²) in [6.07, 6.45) is 10.2. The molecule has 0 aromatic rings. The van der Waals surface area contributed by atoms with Crippen LogP contribution < -0.4 is 0 Å². The lowest BCUT2D eigenvalue weighted by atomic mass is 10.1. The van der Waals surface area contributed by atoms with E-state index in [2.05, 4.69) is 32.9 Å². The van der Waals surface area contributed by atoms with Gasteiger partial charge in [0.25, 0.3) is 0 Å². The predicted octanol–water partition coefficient (Wildman–Crippen LogP) is 4.22. The van der Waals surface area contributed by atoms with Gasteiger partial charge in [-0.15, -0.1) is 0 Å². The third-order valence-corrected chi connectivity index (χ3v) is 3.16. The van der Waals surface area contributed by atoms with Crippen LogP contribution in [0.1, 0.15) is 52.9 Å². The number of allylic oxidation sites excluding steroid dienone is 3. The molecule has 1 aliphatic heterocycles. The quantitative estimate of drug-likeness (QED) is 0.645. The Labute approximate surface area is 106 Å². The van der Waals surface area contributed by atoms with Crippen molar-refractivity contribution in [1.82, 2.24) is 0 Å². The third kappa shape index (κ3) is 6.64. The standard InChI is InChI=1S/C15H26O2/c1-4-13(2)8-7-9-14(3)12-17-15-10-5-6-11-16-15/h4,9,15H,5-8,10-12H2,1-3H3/b13-4+,14-9+. The van der Waals surface area contributed by atoms with Gasteiger partial charge in [-0.25, -0.2) is 0 Å². The molecule has 1 atom stereocenters. The Hall–Kier alpha value is -0.600. The highest BCUT2D eigenvalue weighted by Crippen LogP contribution is 2.15. The van der Waals surface area contributed by atoms with E-state index in [1.807, 2.05) is 0 Å². The van der Waals surface area contributed by atoms with Gasteiger partial charge in [-0.05, 0) is 52.9 Å². The molecule has 17 heavy (non-hydrogen) atoms. The van der Waals surface area contributed by atoms with Crippen LogP contribution in [0.3, 0.4) is 0 Å². The topological polar surface area (TPSA) is 18.5 Å². The van der Waals surface area contributed by atoms with Crippen LogP contribution in [0.5, 0.6) is 0 Å². The number of hydrogen-bond donors (Lipinski definition) is 0. The molecule has 0 saturated carbocycles. The van der Waals surface area contributed by atoms with Crippen LogP contribution in [0.15, 0.2) is 23.3 Å². The van der Waals surface area contributed by atoms with Crippen LogP contribution in [0.25, 0.3) is 0 Å². The van der Waals surface area contributed by atoms with Gasteiger partial charge in [-0.2, -0.15) is 0 Å². The van der Waals surface area contributed by atoms with Crippen LogP contribution in [0.2, 0.25) is 0 Å². The van der Waals surface area contributed by atoms with Gasteiger partial charge in [0.05, 0.1) is 6.61 Å². The SMILES string of the molecule is C/C=C(\C)CC/C=C(\C)COC1CCCCO1. The zero-order valence-electron chi connectivity index (χ0n) is 11.5. The fourth-order valence-corrected chi connectivity index (χ4v) is 1.82. The summed E-state index contributed by atoms with van der Waals surface area (Å²) in [7, 11) is 0. The molecule has 1 saturated heterocycles. The fraction of sp³-hybridized carbons (Fsp3) is 0.733. The van der Waals surface area contributed by atoms with Crippen molar-refractivity contribution in [1.29, 1.82) is 0 Å². The zero-order valence-corrected chi connectivity index (χ0v) is 11.5. The van der Waals surface area contributed by atoms with Crippen molar-refractivity contribution < 1.29 is 9.47 Å². The van der Waals surface area contributed by atoms with Crippen molar-refractivity contribution in [2.45, 2.75) is 59.2 Å². The monoisotopic (exact) mass is 238 g/mol. The van der Waals surface area contributed by atoms with Crippen molar-refractivity contribution in [2.75, 3.05) is 13.2 Å². The van der Waals surface area contributed by atoms with E-state index in [-0.39, 0.29) is 6.29 Å². The molecule has 0 amide bonds. The molecule has 1 rings (SSSR count). The summed E-state index contributed by atoms with van der Waals surface area (Å²) >= 11 is 0. The van der Waals surface area contributed by atoms with Crippen molar-refractivity contribution in [2.24, 2.45) is 0 Å². The Morgan fingerprint density at radius 1 is 1.29 bits per heavy atom. The molecule has 0 aromatic heterocycles. The van der Waals surface area contributed by atoms with Crippen LogP contribution >= 0.6 is 0 Å². The minimum atomic E-state index is 0.0318. The molecule has 0 N–H and O–H groups in total. The lowest BCUT2D eigenvalue weighted by molar-refractivity contribution is -0.156. The predicted molar refractivity (Wildman–Crippen MR) is 72.0 cm³/mol. The van der Waals surface area contributed by atoms with Crippen LogP contribution in [0.4, 0.5) is 0 Å². The molecule has 1 aliphatic rings. The summed E-state index contributed by atoms with van der Waals surface area (Å²) in [5.74, 6) is 0. The summed E-state index contributed by atoms with van der Waals surface area (Å²) in [4.78, 5) is 0. The molecule has 0 radical (unpaired) electrons. The highest BCUT2D eigenvalue weighted by atomic mass is 16.7. The maximum atomic E-state index is 5.72. The molecule has 98 valence electrons. The first-order valence-corrected chi connectivity index (χ1v) is 6.73. The van der Waals surface area contributed by atoms with E-state index in [9.17, 15) is 0 Å². The van der Waals surface area contributed by atoms with Crippen LogP contribution in [-0.4, -0.2) is 19.5 Å². The fourth-order valence-electron chi connectivity index (χ4n) is 1.82. The Bertz CT molecular complexity index is 260. The van der Waals surface area contributed by atoms with Gasteiger partial charge in [0, 0.05) is 6.61 Å². The Balaban J connectivity index is 2.14. The number of ether oxygens (including phenoxy) is 2. The maximum absolute atomic E-state index is 5.72.